The molecule has 2 aromatic carbocycles. The molecule has 1 saturated carbocycles. The molecule has 140 valence electrons. The van der Waals surface area contributed by atoms with Gasteiger partial charge in [-0.1, -0.05) is 48.2 Å². The van der Waals surface area contributed by atoms with E-state index in [4.69, 9.17) is 0 Å². The molecule has 2 aromatic rings. The van der Waals surface area contributed by atoms with E-state index in [0.29, 0.717) is 36.7 Å². The number of nitrogens with one attached hydrogen (secondary N) is 2. The van der Waals surface area contributed by atoms with Gasteiger partial charge in [-0.2, -0.15) is 0 Å². The molecular formula is C22H30N2O2. The van der Waals surface area contributed by atoms with E-state index in [2.05, 4.69) is 10.6 Å². The van der Waals surface area contributed by atoms with Gasteiger partial charge in [0, 0.05) is 36.3 Å². The molecule has 0 bridgehead atoms. The topological polar surface area (TPSA) is 64.5 Å². The van der Waals surface area contributed by atoms with Crippen molar-refractivity contribution in [3.63, 3.8) is 0 Å². The summed E-state index contributed by atoms with van der Waals surface area (Å²) in [7, 11) is 0. The van der Waals surface area contributed by atoms with Gasteiger partial charge in [-0.05, 0) is 38.8 Å². The molecule has 2 atom stereocenters. The summed E-state index contributed by atoms with van der Waals surface area (Å²) in [4.78, 5) is 0. The minimum absolute atomic E-state index is 0.355. The van der Waals surface area contributed by atoms with E-state index in [1.165, 1.54) is 12.8 Å². The van der Waals surface area contributed by atoms with Crippen LogP contribution in [-0.4, -0.2) is 22.3 Å². The van der Waals surface area contributed by atoms with Gasteiger partial charge in [0.15, 0.2) is 0 Å². The molecule has 4 N–H and O–H groups in total. The lowest BCUT2D eigenvalue weighted by molar-refractivity contribution is 0.279. The lowest BCUT2D eigenvalue weighted by atomic mass is 9.89. The first-order valence-electron chi connectivity index (χ1n) is 9.56. The van der Waals surface area contributed by atoms with Crippen molar-refractivity contribution >= 4 is 0 Å². The van der Waals surface area contributed by atoms with Crippen LogP contribution in [0.3, 0.4) is 0 Å². The molecule has 0 spiro atoms. The summed E-state index contributed by atoms with van der Waals surface area (Å²) in [5.41, 5.74) is 4.22. The fourth-order valence-electron chi connectivity index (χ4n) is 3.81. The maximum Gasteiger partial charge on any atom is 0.120 e. The fraction of sp³-hybridized carbons (Fsp3) is 0.455. The van der Waals surface area contributed by atoms with E-state index in [-0.39, 0.29) is 0 Å². The van der Waals surface area contributed by atoms with Gasteiger partial charge in [-0.25, -0.2) is 0 Å². The van der Waals surface area contributed by atoms with E-state index in [1.54, 1.807) is 12.1 Å². The number of rotatable bonds is 6. The smallest absolute Gasteiger partial charge is 0.120 e. The first-order valence-corrected chi connectivity index (χ1v) is 9.56. The molecule has 4 nitrogen and oxygen atoms in total. The van der Waals surface area contributed by atoms with Gasteiger partial charge in [0.05, 0.1) is 0 Å². The van der Waals surface area contributed by atoms with Crippen molar-refractivity contribution in [3.05, 3.63) is 58.7 Å². The molecule has 1 fully saturated rings. The van der Waals surface area contributed by atoms with Crippen molar-refractivity contribution in [2.75, 3.05) is 0 Å². The Labute approximate surface area is 156 Å². The van der Waals surface area contributed by atoms with Gasteiger partial charge in [-0.15, -0.1) is 0 Å². The lowest BCUT2D eigenvalue weighted by Gasteiger charge is -2.33. The zero-order valence-corrected chi connectivity index (χ0v) is 15.8. The molecular weight excluding hydrogens is 324 g/mol. The Kier molecular flexibility index (Phi) is 6.17. The number of phenols is 2. The molecule has 1 aliphatic carbocycles. The van der Waals surface area contributed by atoms with Gasteiger partial charge in [-0.3, -0.25) is 0 Å². The summed E-state index contributed by atoms with van der Waals surface area (Å²) in [5.74, 6) is 0.709. The van der Waals surface area contributed by atoms with Crippen LogP contribution in [0.5, 0.6) is 11.5 Å². The molecule has 0 heterocycles. The van der Waals surface area contributed by atoms with Crippen LogP contribution in [0.4, 0.5) is 0 Å². The van der Waals surface area contributed by atoms with Gasteiger partial charge in [0.1, 0.15) is 11.5 Å². The maximum atomic E-state index is 10.1. The van der Waals surface area contributed by atoms with Crippen molar-refractivity contribution < 1.29 is 10.2 Å². The second-order valence-electron chi connectivity index (χ2n) is 7.52. The Balaban J connectivity index is 1.60. The highest BCUT2D eigenvalue weighted by Gasteiger charge is 2.24. The highest BCUT2D eigenvalue weighted by atomic mass is 16.3. The van der Waals surface area contributed by atoms with E-state index in [1.807, 2.05) is 38.1 Å². The van der Waals surface area contributed by atoms with E-state index >= 15 is 0 Å². The predicted octanol–water partition coefficient (Wildman–Crippen LogP) is 3.91. The number of hydrogen-bond acceptors (Lipinski definition) is 4. The average Bonchev–Trinajstić information content (AvgIpc) is 2.64. The van der Waals surface area contributed by atoms with Crippen LogP contribution in [0.2, 0.25) is 0 Å². The molecule has 0 aliphatic heterocycles. The Bertz CT molecular complexity index is 681. The molecule has 0 amide bonds. The summed E-state index contributed by atoms with van der Waals surface area (Å²) in [6.07, 6.45) is 4.71. The molecule has 0 radical (unpaired) electrons. The van der Waals surface area contributed by atoms with E-state index in [0.717, 1.165) is 35.1 Å². The van der Waals surface area contributed by atoms with Crippen LogP contribution in [0.15, 0.2) is 36.4 Å². The van der Waals surface area contributed by atoms with Gasteiger partial charge in [0.25, 0.3) is 0 Å². The van der Waals surface area contributed by atoms with Crippen LogP contribution in [0.1, 0.15) is 47.9 Å². The summed E-state index contributed by atoms with van der Waals surface area (Å²) in [6.45, 7) is 5.43. The van der Waals surface area contributed by atoms with Gasteiger partial charge in [0.2, 0.25) is 0 Å². The van der Waals surface area contributed by atoms with E-state index in [9.17, 15) is 10.2 Å². The van der Waals surface area contributed by atoms with Crippen molar-refractivity contribution in [1.82, 2.24) is 10.6 Å². The number of phenolic OH excluding ortho intramolecular Hbond substituents is 2. The van der Waals surface area contributed by atoms with Crippen LogP contribution < -0.4 is 10.6 Å². The minimum atomic E-state index is 0.355. The molecule has 26 heavy (non-hydrogen) atoms. The lowest BCUT2D eigenvalue weighted by Crippen LogP contribution is -2.49. The summed E-state index contributed by atoms with van der Waals surface area (Å²) in [6, 6.07) is 12.2. The Hall–Kier alpha value is -2.04. The summed E-state index contributed by atoms with van der Waals surface area (Å²) < 4.78 is 0. The van der Waals surface area contributed by atoms with Crippen LogP contribution >= 0.6 is 0 Å². The van der Waals surface area contributed by atoms with Crippen molar-refractivity contribution in [3.8, 4) is 11.5 Å². The monoisotopic (exact) mass is 354 g/mol. The van der Waals surface area contributed by atoms with Crippen molar-refractivity contribution in [2.24, 2.45) is 0 Å². The first-order chi connectivity index (χ1) is 12.5. The Morgan fingerprint density at radius 3 is 1.62 bits per heavy atom. The first kappa shape index (κ1) is 18.7. The maximum absolute atomic E-state index is 10.1. The zero-order valence-electron chi connectivity index (χ0n) is 15.8. The minimum Gasteiger partial charge on any atom is -0.508 e. The van der Waals surface area contributed by atoms with Gasteiger partial charge < -0.3 is 20.8 Å². The fourth-order valence-corrected chi connectivity index (χ4v) is 3.81. The number of aryl methyl sites for hydroxylation is 2. The van der Waals surface area contributed by atoms with Crippen molar-refractivity contribution in [2.45, 2.75) is 64.7 Å². The summed E-state index contributed by atoms with van der Waals surface area (Å²) in [5, 5.41) is 27.4. The van der Waals surface area contributed by atoms with Crippen LogP contribution in [0, 0.1) is 13.8 Å². The third kappa shape index (κ3) is 4.77. The van der Waals surface area contributed by atoms with Crippen LogP contribution in [0.25, 0.3) is 0 Å². The summed E-state index contributed by atoms with van der Waals surface area (Å²) >= 11 is 0. The third-order valence-corrected chi connectivity index (χ3v) is 5.35. The Morgan fingerprint density at radius 2 is 1.19 bits per heavy atom. The number of benzene rings is 2. The SMILES string of the molecule is Cc1ccc(O)c(CNC2CCCCC2NCc2cc(C)ccc2O)c1. The molecule has 0 aromatic heterocycles. The largest absolute Gasteiger partial charge is 0.508 e. The number of hydrogen-bond donors (Lipinski definition) is 4. The molecule has 1 aliphatic rings. The quantitative estimate of drug-likeness (QED) is 0.635. The molecule has 2 unspecified atom stereocenters. The third-order valence-electron chi connectivity index (χ3n) is 5.35. The highest BCUT2D eigenvalue weighted by molar-refractivity contribution is 5.36. The number of aromatic hydroxyl groups is 2. The van der Waals surface area contributed by atoms with E-state index < -0.39 is 0 Å². The van der Waals surface area contributed by atoms with Crippen molar-refractivity contribution in [1.29, 1.82) is 0 Å². The Morgan fingerprint density at radius 1 is 0.769 bits per heavy atom. The second kappa shape index (κ2) is 8.56. The standard InChI is InChI=1S/C22H30N2O2/c1-15-7-9-21(25)17(11-15)13-23-19-5-3-4-6-20(19)24-14-18-12-16(2)8-10-22(18)26/h7-12,19-20,23-26H,3-6,13-14H2,1-2H3. The normalized spacial score (nSPS) is 20.2. The molecule has 0 saturated heterocycles. The second-order valence-corrected chi connectivity index (χ2v) is 7.52. The van der Waals surface area contributed by atoms with Crippen LogP contribution in [-0.2, 0) is 13.1 Å². The highest BCUT2D eigenvalue weighted by Crippen LogP contribution is 2.23. The zero-order chi connectivity index (χ0) is 18.5. The molecule has 3 rings (SSSR count). The molecule has 4 heteroatoms. The average molecular weight is 354 g/mol. The predicted molar refractivity (Wildman–Crippen MR) is 105 cm³/mol. The van der Waals surface area contributed by atoms with Gasteiger partial charge >= 0.3 is 0 Å².